The minimum atomic E-state index is -0.919. The zero-order valence-electron chi connectivity index (χ0n) is 25.7. The van der Waals surface area contributed by atoms with Crippen LogP contribution in [0.15, 0.2) is 54.9 Å². The summed E-state index contributed by atoms with van der Waals surface area (Å²) < 4.78 is 44.8. The number of rotatable bonds is 10. The molecule has 2 fully saturated rings. The Labute approximate surface area is 268 Å². The van der Waals surface area contributed by atoms with Crippen molar-refractivity contribution in [3.8, 4) is 17.2 Å². The molecule has 0 aliphatic carbocycles. The van der Waals surface area contributed by atoms with E-state index in [2.05, 4.69) is 9.88 Å². The van der Waals surface area contributed by atoms with Crippen LogP contribution in [0.25, 0.3) is 0 Å². The van der Waals surface area contributed by atoms with Crippen LogP contribution in [-0.4, -0.2) is 80.7 Å². The predicted octanol–water partition coefficient (Wildman–Crippen LogP) is 4.50. The lowest BCUT2D eigenvalue weighted by Crippen LogP contribution is -2.50. The fraction of sp³-hybridized carbons (Fsp3) is 0.424. The number of nitrogens with zero attached hydrogens (tertiary/aromatic N) is 3. The number of benzene rings is 2. The first-order chi connectivity index (χ1) is 21.2. The lowest BCUT2D eigenvalue weighted by molar-refractivity contribution is -0.125. The second-order valence-electron chi connectivity index (χ2n) is 11.6. The number of hydrogen-bond donors (Lipinski definition) is 1. The zero-order valence-corrected chi connectivity index (χ0v) is 26.5. The predicted molar refractivity (Wildman–Crippen MR) is 167 cm³/mol. The third-order valence-corrected chi connectivity index (χ3v) is 9.39. The molecule has 1 atom stereocenters. The average Bonchev–Trinajstić information content (AvgIpc) is 3.50. The molecule has 0 saturated carbocycles. The second kappa shape index (κ2) is 14.0. The van der Waals surface area contributed by atoms with Crippen molar-refractivity contribution in [2.75, 3.05) is 54.1 Å². The van der Waals surface area contributed by atoms with Crippen molar-refractivity contribution in [1.82, 2.24) is 14.8 Å². The van der Waals surface area contributed by atoms with Crippen molar-refractivity contribution in [3.05, 3.63) is 83.2 Å². The summed E-state index contributed by atoms with van der Waals surface area (Å²) >= 11 is 0. The molecule has 2 N–H and O–H groups in total. The smallest absolute Gasteiger partial charge is 0.254 e. The van der Waals surface area contributed by atoms with Gasteiger partial charge in [0.05, 0.1) is 26.7 Å². The number of likely N-dealkylation sites (tertiary alicyclic amines) is 2. The molecule has 2 aliphatic heterocycles. The molecule has 2 aliphatic rings. The van der Waals surface area contributed by atoms with E-state index >= 15 is 0 Å². The Morgan fingerprint density at radius 2 is 1.60 bits per heavy atom. The van der Waals surface area contributed by atoms with Crippen molar-refractivity contribution >= 4 is 24.2 Å². The van der Waals surface area contributed by atoms with Gasteiger partial charge in [0.1, 0.15) is 0 Å². The number of carbonyl (C=O) groups excluding carboxylic acids is 2. The molecule has 2 amide bonds. The molecule has 3 heterocycles. The van der Waals surface area contributed by atoms with Crippen molar-refractivity contribution in [2.24, 2.45) is 5.73 Å². The van der Waals surface area contributed by atoms with Gasteiger partial charge in [0.2, 0.25) is 11.7 Å². The number of hydrogen-bond acceptors (Lipinski definition) is 7. The third-order valence-electron chi connectivity index (χ3n) is 9.39. The highest BCUT2D eigenvalue weighted by atomic mass is 35.5. The van der Waals surface area contributed by atoms with Gasteiger partial charge >= 0.3 is 0 Å². The Morgan fingerprint density at radius 3 is 2.16 bits per heavy atom. The summed E-state index contributed by atoms with van der Waals surface area (Å²) in [7, 11) is 4.47. The summed E-state index contributed by atoms with van der Waals surface area (Å²) in [6.45, 7) is 2.68. The monoisotopic (exact) mass is 644 g/mol. The van der Waals surface area contributed by atoms with Gasteiger partial charge in [-0.25, -0.2) is 8.78 Å². The average molecular weight is 645 g/mol. The van der Waals surface area contributed by atoms with E-state index in [0.29, 0.717) is 86.8 Å². The number of nitrogens with two attached hydrogens (primary N) is 1. The number of ether oxygens (including phenoxy) is 3. The number of pyridine rings is 1. The molecular formula is C33H39ClF2N4O5. The molecule has 0 bridgehead atoms. The Kier molecular flexibility index (Phi) is 10.5. The van der Waals surface area contributed by atoms with E-state index in [-0.39, 0.29) is 24.2 Å². The van der Waals surface area contributed by atoms with Crippen LogP contribution in [0.3, 0.4) is 0 Å². The minimum Gasteiger partial charge on any atom is -0.493 e. The summed E-state index contributed by atoms with van der Waals surface area (Å²) in [6.07, 6.45) is 5.66. The molecule has 2 aromatic carbocycles. The maximum absolute atomic E-state index is 14.5. The number of methoxy groups -OCH3 is 3. The van der Waals surface area contributed by atoms with Crippen molar-refractivity contribution in [2.45, 2.75) is 36.5 Å². The summed E-state index contributed by atoms with van der Waals surface area (Å²) in [4.78, 5) is 34.6. The Balaban J connectivity index is 0.00000461. The number of aromatic nitrogens is 1. The first-order valence-electron chi connectivity index (χ1n) is 14.6. The van der Waals surface area contributed by atoms with Crippen LogP contribution >= 0.6 is 12.4 Å². The van der Waals surface area contributed by atoms with Crippen molar-refractivity contribution in [1.29, 1.82) is 0 Å². The van der Waals surface area contributed by atoms with Crippen LogP contribution < -0.4 is 19.9 Å². The van der Waals surface area contributed by atoms with Crippen molar-refractivity contribution < 1.29 is 32.6 Å². The highest BCUT2D eigenvalue weighted by molar-refractivity contribution is 5.96. The second-order valence-corrected chi connectivity index (χ2v) is 11.6. The summed E-state index contributed by atoms with van der Waals surface area (Å²) in [5.41, 5.74) is 6.37. The Morgan fingerprint density at radius 1 is 0.911 bits per heavy atom. The number of piperidine rings is 1. The molecule has 2 saturated heterocycles. The highest BCUT2D eigenvalue weighted by Crippen LogP contribution is 2.42. The summed E-state index contributed by atoms with van der Waals surface area (Å²) in [6, 6.07) is 10.9. The van der Waals surface area contributed by atoms with Gasteiger partial charge in [0.15, 0.2) is 23.1 Å². The van der Waals surface area contributed by atoms with Gasteiger partial charge < -0.3 is 29.7 Å². The normalized spacial score (nSPS) is 19.4. The van der Waals surface area contributed by atoms with E-state index < -0.39 is 22.5 Å². The molecule has 5 rings (SSSR count). The molecule has 9 nitrogen and oxygen atoms in total. The van der Waals surface area contributed by atoms with Gasteiger partial charge in [-0.15, -0.1) is 12.4 Å². The van der Waals surface area contributed by atoms with Gasteiger partial charge in [-0.05, 0) is 86.8 Å². The topological polar surface area (TPSA) is 107 Å². The van der Waals surface area contributed by atoms with E-state index in [1.54, 1.807) is 35.5 Å². The summed E-state index contributed by atoms with van der Waals surface area (Å²) in [5, 5.41) is 0. The summed E-state index contributed by atoms with van der Waals surface area (Å²) in [5.74, 6) is -1.31. The molecule has 0 spiro atoms. The number of amides is 2. The third kappa shape index (κ3) is 6.55. The highest BCUT2D eigenvalue weighted by Gasteiger charge is 2.44. The quantitative estimate of drug-likeness (QED) is 0.346. The van der Waals surface area contributed by atoms with Crippen LogP contribution in [0.4, 0.5) is 8.78 Å². The van der Waals surface area contributed by atoms with E-state index in [1.165, 1.54) is 27.4 Å². The molecule has 242 valence electrons. The van der Waals surface area contributed by atoms with Gasteiger partial charge in [-0.3, -0.25) is 14.6 Å². The standard InChI is InChI=1S/C33H38F2N4O5.ClH/c1-42-27-17-22(18-28(43-2)29(27)44-3)30(40)39-16-9-32(21-39,23-6-7-25(34)26(35)19-23)8-13-38-14-10-33(11-15-38,31(36)41)24-5-4-12-37-20-24;/h4-7,12,17-20H,8-11,13-16,21H2,1-3H3,(H2,36,41);1H. The van der Waals surface area contributed by atoms with Crippen LogP contribution in [-0.2, 0) is 15.6 Å². The lowest BCUT2D eigenvalue weighted by Gasteiger charge is -2.41. The maximum atomic E-state index is 14.5. The Hall–Kier alpha value is -3.96. The van der Waals surface area contributed by atoms with E-state index in [9.17, 15) is 18.4 Å². The zero-order chi connectivity index (χ0) is 31.5. The van der Waals surface area contributed by atoms with E-state index in [4.69, 9.17) is 19.9 Å². The van der Waals surface area contributed by atoms with Gasteiger partial charge in [0, 0.05) is 36.5 Å². The SMILES string of the molecule is COc1cc(C(=O)N2CCC(CCN3CCC(C(N)=O)(c4cccnc4)CC3)(c3ccc(F)c(F)c3)C2)cc(OC)c1OC.Cl. The number of halogens is 3. The fourth-order valence-electron chi connectivity index (χ4n) is 6.70. The van der Waals surface area contributed by atoms with E-state index in [0.717, 1.165) is 11.6 Å². The molecule has 12 heteroatoms. The molecule has 0 radical (unpaired) electrons. The number of primary amides is 1. The molecule has 1 aromatic heterocycles. The van der Waals surface area contributed by atoms with Crippen LogP contribution in [0.1, 0.15) is 47.2 Å². The molecule has 3 aromatic rings. The van der Waals surface area contributed by atoms with E-state index in [1.807, 2.05) is 12.1 Å². The van der Waals surface area contributed by atoms with Crippen LogP contribution in [0.2, 0.25) is 0 Å². The minimum absolute atomic E-state index is 0. The first kappa shape index (κ1) is 33.9. The number of carbonyl (C=O) groups is 2. The van der Waals surface area contributed by atoms with Crippen LogP contribution in [0, 0.1) is 11.6 Å². The molecule has 1 unspecified atom stereocenters. The molecular weight excluding hydrogens is 606 g/mol. The Bertz CT molecular complexity index is 1500. The first-order valence-corrected chi connectivity index (χ1v) is 14.6. The molecule has 45 heavy (non-hydrogen) atoms. The van der Waals surface area contributed by atoms with Gasteiger partial charge in [-0.1, -0.05) is 12.1 Å². The lowest BCUT2D eigenvalue weighted by atomic mass is 9.72. The van der Waals surface area contributed by atoms with Crippen LogP contribution in [0.5, 0.6) is 17.2 Å². The largest absolute Gasteiger partial charge is 0.493 e. The van der Waals surface area contributed by atoms with Gasteiger partial charge in [-0.2, -0.15) is 0 Å². The maximum Gasteiger partial charge on any atom is 0.254 e. The fourth-order valence-corrected chi connectivity index (χ4v) is 6.70. The van der Waals surface area contributed by atoms with Gasteiger partial charge in [0.25, 0.3) is 5.91 Å². The van der Waals surface area contributed by atoms with Crippen molar-refractivity contribution in [3.63, 3.8) is 0 Å².